The summed E-state index contributed by atoms with van der Waals surface area (Å²) >= 11 is 0. The highest BCUT2D eigenvalue weighted by Gasteiger charge is 2.22. The van der Waals surface area contributed by atoms with Gasteiger partial charge in [0.15, 0.2) is 0 Å². The Labute approximate surface area is 108 Å². The zero-order chi connectivity index (χ0) is 12.7. The van der Waals surface area contributed by atoms with E-state index in [2.05, 4.69) is 54.9 Å². The molecule has 2 heterocycles. The van der Waals surface area contributed by atoms with Gasteiger partial charge in [0.05, 0.1) is 5.69 Å². The fourth-order valence-electron chi connectivity index (χ4n) is 2.67. The van der Waals surface area contributed by atoms with Crippen LogP contribution in [0.3, 0.4) is 0 Å². The maximum atomic E-state index is 4.72. The van der Waals surface area contributed by atoms with Crippen molar-refractivity contribution in [1.82, 2.24) is 14.7 Å². The largest absolute Gasteiger partial charge is 0.302 e. The van der Waals surface area contributed by atoms with Crippen molar-refractivity contribution in [2.75, 3.05) is 13.6 Å². The third-order valence-corrected chi connectivity index (χ3v) is 3.76. The second-order valence-electron chi connectivity index (χ2n) is 5.25. The second-order valence-corrected chi connectivity index (χ2v) is 5.25. The predicted molar refractivity (Wildman–Crippen MR) is 73.4 cm³/mol. The normalized spacial score (nSPS) is 15.7. The molecular formula is C15H19N3. The Kier molecular flexibility index (Phi) is 2.71. The summed E-state index contributed by atoms with van der Waals surface area (Å²) in [5.41, 5.74) is 6.46. The molecule has 0 amide bonds. The Hall–Kier alpha value is -1.61. The molecule has 0 unspecified atom stereocenters. The van der Waals surface area contributed by atoms with Gasteiger partial charge in [0, 0.05) is 43.4 Å². The monoisotopic (exact) mass is 241 g/mol. The minimum Gasteiger partial charge on any atom is -0.302 e. The van der Waals surface area contributed by atoms with Crippen molar-refractivity contribution in [2.24, 2.45) is 7.05 Å². The van der Waals surface area contributed by atoms with E-state index in [4.69, 9.17) is 5.10 Å². The van der Waals surface area contributed by atoms with Gasteiger partial charge < -0.3 is 4.90 Å². The number of aromatic nitrogens is 2. The fraction of sp³-hybridized carbons (Fsp3) is 0.400. The molecule has 0 N–H and O–H groups in total. The molecule has 0 saturated carbocycles. The van der Waals surface area contributed by atoms with Crippen LogP contribution in [0.15, 0.2) is 24.3 Å². The van der Waals surface area contributed by atoms with Crippen LogP contribution in [-0.2, 0) is 20.0 Å². The Morgan fingerprint density at radius 3 is 2.56 bits per heavy atom. The molecule has 1 aliphatic rings. The molecule has 0 fully saturated rings. The highest BCUT2D eigenvalue weighted by molar-refractivity contribution is 5.64. The minimum atomic E-state index is 1.01. The number of likely N-dealkylation sites (N-methyl/N-ethyl adjacent to an activating group) is 1. The highest BCUT2D eigenvalue weighted by Crippen LogP contribution is 2.29. The maximum absolute atomic E-state index is 4.72. The van der Waals surface area contributed by atoms with E-state index in [1.165, 1.54) is 22.4 Å². The quantitative estimate of drug-likeness (QED) is 0.764. The van der Waals surface area contributed by atoms with Crippen molar-refractivity contribution >= 4 is 0 Å². The minimum absolute atomic E-state index is 1.01. The molecule has 1 aromatic heterocycles. The van der Waals surface area contributed by atoms with E-state index in [1.54, 1.807) is 0 Å². The Morgan fingerprint density at radius 2 is 1.83 bits per heavy atom. The number of rotatable bonds is 1. The van der Waals surface area contributed by atoms with Gasteiger partial charge in [0.2, 0.25) is 0 Å². The Balaban J connectivity index is 2.10. The summed E-state index contributed by atoms with van der Waals surface area (Å²) in [7, 11) is 4.23. The molecule has 94 valence electrons. The van der Waals surface area contributed by atoms with Gasteiger partial charge in [-0.15, -0.1) is 0 Å². The van der Waals surface area contributed by atoms with Crippen LogP contribution < -0.4 is 0 Å². The van der Waals surface area contributed by atoms with E-state index in [0.717, 1.165) is 25.2 Å². The lowest BCUT2D eigenvalue weighted by molar-refractivity contribution is 0.309. The van der Waals surface area contributed by atoms with Crippen LogP contribution in [0.4, 0.5) is 0 Å². The first-order chi connectivity index (χ1) is 8.65. The van der Waals surface area contributed by atoms with Gasteiger partial charge in [-0.25, -0.2) is 0 Å². The topological polar surface area (TPSA) is 21.1 Å². The zero-order valence-corrected chi connectivity index (χ0v) is 11.3. The number of benzene rings is 1. The van der Waals surface area contributed by atoms with Crippen LogP contribution in [0.5, 0.6) is 0 Å². The summed E-state index contributed by atoms with van der Waals surface area (Å²) in [5.74, 6) is 0. The van der Waals surface area contributed by atoms with Gasteiger partial charge >= 0.3 is 0 Å². The summed E-state index contributed by atoms with van der Waals surface area (Å²) < 4.78 is 2.05. The lowest BCUT2D eigenvalue weighted by Crippen LogP contribution is -2.27. The molecule has 0 aliphatic carbocycles. The molecule has 3 rings (SSSR count). The van der Waals surface area contributed by atoms with Gasteiger partial charge in [0.25, 0.3) is 0 Å². The molecule has 0 atom stereocenters. The molecule has 0 radical (unpaired) electrons. The molecule has 0 spiro atoms. The van der Waals surface area contributed by atoms with Gasteiger partial charge in [-0.2, -0.15) is 5.10 Å². The summed E-state index contributed by atoms with van der Waals surface area (Å²) in [5, 5.41) is 4.72. The summed E-state index contributed by atoms with van der Waals surface area (Å²) in [4.78, 5) is 2.36. The number of aryl methyl sites for hydroxylation is 2. The van der Waals surface area contributed by atoms with Crippen molar-refractivity contribution in [1.29, 1.82) is 0 Å². The van der Waals surface area contributed by atoms with Crippen molar-refractivity contribution in [3.8, 4) is 11.3 Å². The Bertz CT molecular complexity index is 566. The molecule has 0 saturated heterocycles. The van der Waals surface area contributed by atoms with E-state index in [0.29, 0.717) is 0 Å². The van der Waals surface area contributed by atoms with Crippen LogP contribution in [0.25, 0.3) is 11.3 Å². The van der Waals surface area contributed by atoms with E-state index < -0.39 is 0 Å². The smallest absolute Gasteiger partial charge is 0.0971 e. The summed E-state index contributed by atoms with van der Waals surface area (Å²) in [6, 6.07) is 8.66. The first-order valence-corrected chi connectivity index (χ1v) is 6.45. The van der Waals surface area contributed by atoms with Gasteiger partial charge in [-0.05, 0) is 14.0 Å². The molecule has 1 aliphatic heterocycles. The second kappa shape index (κ2) is 4.25. The molecule has 3 heteroatoms. The van der Waals surface area contributed by atoms with Gasteiger partial charge in [-0.3, -0.25) is 4.68 Å². The third kappa shape index (κ3) is 1.85. The van der Waals surface area contributed by atoms with E-state index in [9.17, 15) is 0 Å². The number of fused-ring (bicyclic) bond motifs is 1. The van der Waals surface area contributed by atoms with Crippen molar-refractivity contribution in [3.05, 3.63) is 41.1 Å². The zero-order valence-electron chi connectivity index (χ0n) is 11.3. The van der Waals surface area contributed by atoms with Crippen LogP contribution in [0.2, 0.25) is 0 Å². The number of nitrogens with zero attached hydrogens (tertiary/aromatic N) is 3. The predicted octanol–water partition coefficient (Wildman–Crippen LogP) is 2.38. The van der Waals surface area contributed by atoms with E-state index in [-0.39, 0.29) is 0 Å². The number of hydrogen-bond acceptors (Lipinski definition) is 2. The first kappa shape index (κ1) is 11.5. The van der Waals surface area contributed by atoms with Gasteiger partial charge in [-0.1, -0.05) is 29.8 Å². The first-order valence-electron chi connectivity index (χ1n) is 6.45. The SMILES string of the molecule is Cc1ccc(-c2nn(C)c3c2CN(C)CC3)cc1. The maximum Gasteiger partial charge on any atom is 0.0971 e. The van der Waals surface area contributed by atoms with Crippen LogP contribution in [-0.4, -0.2) is 28.3 Å². The Morgan fingerprint density at radius 1 is 1.11 bits per heavy atom. The lowest BCUT2D eigenvalue weighted by Gasteiger charge is -2.23. The molecular weight excluding hydrogens is 222 g/mol. The third-order valence-electron chi connectivity index (χ3n) is 3.76. The molecule has 0 bridgehead atoms. The van der Waals surface area contributed by atoms with Crippen molar-refractivity contribution in [2.45, 2.75) is 19.9 Å². The van der Waals surface area contributed by atoms with Crippen LogP contribution >= 0.6 is 0 Å². The van der Waals surface area contributed by atoms with Crippen molar-refractivity contribution in [3.63, 3.8) is 0 Å². The van der Waals surface area contributed by atoms with Crippen LogP contribution in [0, 0.1) is 6.92 Å². The summed E-state index contributed by atoms with van der Waals surface area (Å²) in [6.07, 6.45) is 1.10. The molecule has 18 heavy (non-hydrogen) atoms. The van der Waals surface area contributed by atoms with E-state index in [1.807, 2.05) is 0 Å². The highest BCUT2D eigenvalue weighted by atomic mass is 15.3. The lowest BCUT2D eigenvalue weighted by atomic mass is 10.0. The average molecular weight is 241 g/mol. The number of hydrogen-bond donors (Lipinski definition) is 0. The van der Waals surface area contributed by atoms with Crippen LogP contribution in [0.1, 0.15) is 16.8 Å². The van der Waals surface area contributed by atoms with Crippen molar-refractivity contribution < 1.29 is 0 Å². The average Bonchev–Trinajstić information content (AvgIpc) is 2.67. The standard InChI is InChI=1S/C15H19N3/c1-11-4-6-12(7-5-11)15-13-10-17(2)9-8-14(13)18(3)16-15/h4-7H,8-10H2,1-3H3. The molecule has 3 nitrogen and oxygen atoms in total. The summed E-state index contributed by atoms with van der Waals surface area (Å²) in [6.45, 7) is 4.25. The molecule has 2 aromatic rings. The fourth-order valence-corrected chi connectivity index (χ4v) is 2.67. The molecule has 1 aromatic carbocycles. The van der Waals surface area contributed by atoms with E-state index >= 15 is 0 Å². The van der Waals surface area contributed by atoms with Gasteiger partial charge in [0.1, 0.15) is 0 Å².